The van der Waals surface area contributed by atoms with E-state index < -0.39 is 0 Å². The molecule has 0 amide bonds. The first-order valence-electron chi connectivity index (χ1n) is 8.14. The number of rotatable bonds is 6. The van der Waals surface area contributed by atoms with Gasteiger partial charge in [0.2, 0.25) is 0 Å². The van der Waals surface area contributed by atoms with Crippen molar-refractivity contribution >= 4 is 5.97 Å². The average Bonchev–Trinajstić information content (AvgIpc) is 2.59. The number of esters is 1. The smallest absolute Gasteiger partial charge is 0.313 e. The molecule has 0 radical (unpaired) electrons. The normalized spacial score (nSPS) is 20.5. The van der Waals surface area contributed by atoms with Crippen LogP contribution in [0.3, 0.4) is 0 Å². The summed E-state index contributed by atoms with van der Waals surface area (Å²) in [5.74, 6) is 6.95. The Morgan fingerprint density at radius 2 is 2.30 bits per heavy atom. The maximum absolute atomic E-state index is 11.2. The Kier molecular flexibility index (Phi) is 7.71. The summed E-state index contributed by atoms with van der Waals surface area (Å²) in [5, 5.41) is 0. The molecule has 23 heavy (non-hydrogen) atoms. The zero-order valence-electron chi connectivity index (χ0n) is 13.6. The van der Waals surface area contributed by atoms with E-state index in [0.717, 1.165) is 38.7 Å². The average molecular weight is 320 g/mol. The monoisotopic (exact) mass is 320 g/mol. The lowest BCUT2D eigenvalue weighted by Gasteiger charge is -2.22. The fraction of sp³-hybridized carbons (Fsp3) is 0.611. The number of allylic oxidation sites excluding steroid dienone is 3. The summed E-state index contributed by atoms with van der Waals surface area (Å²) in [6, 6.07) is 0. The molecule has 2 aliphatic heterocycles. The molecule has 0 aromatic carbocycles. The molecular formula is C18H24O5. The summed E-state index contributed by atoms with van der Waals surface area (Å²) >= 11 is 0. The molecule has 5 nitrogen and oxygen atoms in total. The van der Waals surface area contributed by atoms with Gasteiger partial charge in [0, 0.05) is 13.0 Å². The lowest BCUT2D eigenvalue weighted by molar-refractivity contribution is -0.162. The largest absolute Gasteiger partial charge is 0.469 e. The van der Waals surface area contributed by atoms with Crippen LogP contribution in [0, 0.1) is 11.8 Å². The molecule has 0 aliphatic carbocycles. The molecule has 126 valence electrons. The SMILES string of the molecule is COC(=O)CC1=CCC=C(C#CCCCOC2CCCCO2)O1. The third-order valence-electron chi connectivity index (χ3n) is 3.54. The van der Waals surface area contributed by atoms with Crippen molar-refractivity contribution in [2.75, 3.05) is 20.3 Å². The van der Waals surface area contributed by atoms with Crippen LogP contribution < -0.4 is 0 Å². The highest BCUT2D eigenvalue weighted by Gasteiger charge is 2.13. The summed E-state index contributed by atoms with van der Waals surface area (Å²) in [4.78, 5) is 11.2. The standard InChI is InChI=1S/C18H24O5/c1-20-17(19)14-16-10-7-9-15(23-16)8-3-2-5-12-21-18-11-4-6-13-22-18/h9-10,18H,2,4-7,11-14H2,1H3. The van der Waals surface area contributed by atoms with Crippen molar-refractivity contribution in [2.45, 2.75) is 51.2 Å². The van der Waals surface area contributed by atoms with Crippen LogP contribution in [0.4, 0.5) is 0 Å². The van der Waals surface area contributed by atoms with Crippen LogP contribution in [0.15, 0.2) is 23.7 Å². The van der Waals surface area contributed by atoms with Crippen LogP contribution in [0.25, 0.3) is 0 Å². The lowest BCUT2D eigenvalue weighted by atomic mass is 10.2. The second kappa shape index (κ2) is 10.1. The molecule has 1 fully saturated rings. The Hall–Kier alpha value is -1.77. The Morgan fingerprint density at radius 3 is 3.09 bits per heavy atom. The van der Waals surface area contributed by atoms with Gasteiger partial charge in [0.15, 0.2) is 12.0 Å². The van der Waals surface area contributed by atoms with E-state index in [2.05, 4.69) is 16.6 Å². The van der Waals surface area contributed by atoms with E-state index in [4.69, 9.17) is 14.2 Å². The zero-order chi connectivity index (χ0) is 16.3. The lowest BCUT2D eigenvalue weighted by Crippen LogP contribution is -2.22. The van der Waals surface area contributed by atoms with Gasteiger partial charge in [-0.05, 0) is 50.2 Å². The number of methoxy groups -OCH3 is 1. The van der Waals surface area contributed by atoms with Crippen molar-refractivity contribution in [3.63, 3.8) is 0 Å². The van der Waals surface area contributed by atoms with Crippen molar-refractivity contribution in [3.05, 3.63) is 23.7 Å². The Labute approximate surface area is 137 Å². The minimum atomic E-state index is -0.312. The number of carbonyl (C=O) groups is 1. The molecular weight excluding hydrogens is 296 g/mol. The summed E-state index contributed by atoms with van der Waals surface area (Å²) in [6.07, 6.45) is 9.50. The highest BCUT2D eigenvalue weighted by molar-refractivity contribution is 5.71. The molecule has 0 bridgehead atoms. The van der Waals surface area contributed by atoms with Gasteiger partial charge < -0.3 is 18.9 Å². The highest BCUT2D eigenvalue weighted by atomic mass is 16.7. The van der Waals surface area contributed by atoms with Crippen LogP contribution in [0.5, 0.6) is 0 Å². The van der Waals surface area contributed by atoms with Crippen LogP contribution in [-0.2, 0) is 23.7 Å². The zero-order valence-corrected chi connectivity index (χ0v) is 13.6. The van der Waals surface area contributed by atoms with Gasteiger partial charge in [0.05, 0.1) is 13.7 Å². The maximum Gasteiger partial charge on any atom is 0.313 e. The third kappa shape index (κ3) is 6.89. The van der Waals surface area contributed by atoms with E-state index in [-0.39, 0.29) is 18.7 Å². The molecule has 0 spiro atoms. The van der Waals surface area contributed by atoms with E-state index in [0.29, 0.717) is 18.1 Å². The second-order valence-electron chi connectivity index (χ2n) is 5.40. The summed E-state index contributed by atoms with van der Waals surface area (Å²) < 4.78 is 21.3. The summed E-state index contributed by atoms with van der Waals surface area (Å²) in [5.41, 5.74) is 0. The summed E-state index contributed by atoms with van der Waals surface area (Å²) in [7, 11) is 1.36. The van der Waals surface area contributed by atoms with E-state index in [1.807, 2.05) is 12.2 Å². The molecule has 1 atom stereocenters. The Balaban J connectivity index is 1.61. The van der Waals surface area contributed by atoms with Crippen molar-refractivity contribution in [2.24, 2.45) is 0 Å². The number of hydrogen-bond donors (Lipinski definition) is 0. The van der Waals surface area contributed by atoms with Crippen molar-refractivity contribution in [1.29, 1.82) is 0 Å². The van der Waals surface area contributed by atoms with Gasteiger partial charge in [-0.15, -0.1) is 0 Å². The molecule has 0 aromatic rings. The van der Waals surface area contributed by atoms with Crippen molar-refractivity contribution in [3.8, 4) is 11.8 Å². The quantitative estimate of drug-likeness (QED) is 0.428. The highest BCUT2D eigenvalue weighted by Crippen LogP contribution is 2.17. The molecule has 2 aliphatic rings. The predicted octanol–water partition coefficient (Wildman–Crippen LogP) is 3.06. The molecule has 1 saturated heterocycles. The first-order chi connectivity index (χ1) is 11.3. The van der Waals surface area contributed by atoms with Crippen LogP contribution in [0.1, 0.15) is 44.9 Å². The first kappa shape index (κ1) is 17.6. The molecule has 2 rings (SSSR count). The van der Waals surface area contributed by atoms with Gasteiger partial charge in [-0.2, -0.15) is 0 Å². The fourth-order valence-corrected chi connectivity index (χ4v) is 2.29. The number of hydrogen-bond acceptors (Lipinski definition) is 5. The third-order valence-corrected chi connectivity index (χ3v) is 3.54. The Bertz CT molecular complexity index is 503. The van der Waals surface area contributed by atoms with Gasteiger partial charge in [-0.25, -0.2) is 0 Å². The van der Waals surface area contributed by atoms with E-state index >= 15 is 0 Å². The van der Waals surface area contributed by atoms with Gasteiger partial charge in [-0.3, -0.25) is 4.79 Å². The van der Waals surface area contributed by atoms with Crippen LogP contribution in [-0.4, -0.2) is 32.6 Å². The van der Waals surface area contributed by atoms with Gasteiger partial charge >= 0.3 is 5.97 Å². The molecule has 0 N–H and O–H groups in total. The minimum Gasteiger partial charge on any atom is -0.469 e. The topological polar surface area (TPSA) is 54.0 Å². The van der Waals surface area contributed by atoms with Gasteiger partial charge in [-0.1, -0.05) is 5.92 Å². The van der Waals surface area contributed by atoms with E-state index in [1.165, 1.54) is 13.5 Å². The van der Waals surface area contributed by atoms with E-state index in [9.17, 15) is 4.79 Å². The fourth-order valence-electron chi connectivity index (χ4n) is 2.29. The van der Waals surface area contributed by atoms with Crippen LogP contribution >= 0.6 is 0 Å². The van der Waals surface area contributed by atoms with E-state index in [1.54, 1.807) is 0 Å². The molecule has 0 saturated carbocycles. The number of unbranched alkanes of at least 4 members (excludes halogenated alkanes) is 1. The van der Waals surface area contributed by atoms with Crippen LogP contribution in [0.2, 0.25) is 0 Å². The number of ether oxygens (including phenoxy) is 4. The maximum atomic E-state index is 11.2. The summed E-state index contributed by atoms with van der Waals surface area (Å²) in [6.45, 7) is 1.46. The molecule has 2 heterocycles. The Morgan fingerprint density at radius 1 is 1.39 bits per heavy atom. The van der Waals surface area contributed by atoms with Gasteiger partial charge in [0.1, 0.15) is 12.2 Å². The first-order valence-corrected chi connectivity index (χ1v) is 8.14. The van der Waals surface area contributed by atoms with Gasteiger partial charge in [0.25, 0.3) is 0 Å². The minimum absolute atomic E-state index is 0.0351. The molecule has 5 heteroatoms. The molecule has 0 aromatic heterocycles. The second-order valence-corrected chi connectivity index (χ2v) is 5.40. The van der Waals surface area contributed by atoms with Crippen molar-refractivity contribution in [1.82, 2.24) is 0 Å². The van der Waals surface area contributed by atoms with Crippen molar-refractivity contribution < 1.29 is 23.7 Å². The number of carbonyl (C=O) groups excluding carboxylic acids is 1. The predicted molar refractivity (Wildman–Crippen MR) is 85.1 cm³/mol. The molecule has 1 unspecified atom stereocenters.